The average molecular weight is 614 g/mol. The summed E-state index contributed by atoms with van der Waals surface area (Å²) in [6.45, 7) is 0. The second kappa shape index (κ2) is 9.16. The number of furan rings is 2. The number of para-hydroxylation sites is 4. The molecule has 11 rings (SSSR count). The fraction of sp³-hybridized carbons (Fsp3) is 0. The minimum Gasteiger partial charge on any atom is -0.456 e. The van der Waals surface area contributed by atoms with Crippen molar-refractivity contribution in [3.05, 3.63) is 145 Å². The third kappa shape index (κ3) is 3.23. The van der Waals surface area contributed by atoms with Crippen LogP contribution < -0.4 is 0 Å². The normalized spacial score (nSPS) is 12.1. The van der Waals surface area contributed by atoms with E-state index in [0.717, 1.165) is 98.9 Å². The molecule has 0 atom stereocenters. The van der Waals surface area contributed by atoms with E-state index < -0.39 is 0 Å². The monoisotopic (exact) mass is 613 g/mol. The van der Waals surface area contributed by atoms with E-state index in [2.05, 4.69) is 118 Å². The number of nitriles is 1. The molecule has 0 spiro atoms. The molecule has 0 N–H and O–H groups in total. The molecule has 48 heavy (non-hydrogen) atoms. The Hall–Kier alpha value is -6.77. The molecule has 222 valence electrons. The van der Waals surface area contributed by atoms with Gasteiger partial charge in [-0.25, -0.2) is 0 Å². The van der Waals surface area contributed by atoms with Crippen LogP contribution >= 0.6 is 0 Å². The van der Waals surface area contributed by atoms with Crippen LogP contribution in [0.5, 0.6) is 0 Å². The highest BCUT2D eigenvalue weighted by atomic mass is 16.3. The van der Waals surface area contributed by atoms with Crippen molar-refractivity contribution in [1.82, 2.24) is 9.13 Å². The summed E-state index contributed by atoms with van der Waals surface area (Å²) < 4.78 is 17.1. The molecule has 5 heteroatoms. The molecule has 0 saturated carbocycles. The Bertz CT molecular complexity index is 2990. The van der Waals surface area contributed by atoms with Gasteiger partial charge in [-0.3, -0.25) is 0 Å². The van der Waals surface area contributed by atoms with Crippen molar-refractivity contribution in [1.29, 1.82) is 5.26 Å². The first-order valence-corrected chi connectivity index (χ1v) is 16.0. The fourth-order valence-electron chi connectivity index (χ4n) is 7.91. The molecule has 4 heterocycles. The van der Waals surface area contributed by atoms with E-state index in [9.17, 15) is 5.26 Å². The smallest absolute Gasteiger partial charge is 0.136 e. The van der Waals surface area contributed by atoms with Gasteiger partial charge in [-0.1, -0.05) is 78.9 Å². The second-order valence-electron chi connectivity index (χ2n) is 12.4. The Kier molecular flexibility index (Phi) is 4.85. The van der Waals surface area contributed by atoms with Crippen molar-refractivity contribution in [2.24, 2.45) is 0 Å². The van der Waals surface area contributed by atoms with Gasteiger partial charge in [0.2, 0.25) is 0 Å². The highest BCUT2D eigenvalue weighted by Gasteiger charge is 2.22. The van der Waals surface area contributed by atoms with E-state index in [1.54, 1.807) is 0 Å². The summed E-state index contributed by atoms with van der Waals surface area (Å²) in [5.41, 5.74) is 9.80. The lowest BCUT2D eigenvalue weighted by Crippen LogP contribution is -2.04. The standard InChI is InChI=1S/C43H23N3O2/c44-24-33-36(45-34-14-5-1-10-25(34)29-22-42-31(20-38(29)45)27-12-3-7-18-40(27)47-42)16-9-17-37(33)46-35-15-6-2-11-26(35)30-23-43-32(21-39(30)46)28-13-4-8-19-41(28)48-43/h1-23H. The predicted octanol–water partition coefficient (Wildman–Crippen LogP) is 11.6. The second-order valence-corrected chi connectivity index (χ2v) is 12.4. The van der Waals surface area contributed by atoms with Gasteiger partial charge in [0.15, 0.2) is 0 Å². The molecule has 5 nitrogen and oxygen atoms in total. The number of fused-ring (bicyclic) bond motifs is 12. The van der Waals surface area contributed by atoms with Crippen molar-refractivity contribution >= 4 is 87.5 Å². The Labute approximate surface area is 272 Å². The molecule has 0 saturated heterocycles. The molecule has 0 amide bonds. The number of aromatic nitrogens is 2. The fourth-order valence-corrected chi connectivity index (χ4v) is 7.91. The molecule has 0 fully saturated rings. The lowest BCUT2D eigenvalue weighted by atomic mass is 10.1. The maximum absolute atomic E-state index is 11.0. The van der Waals surface area contributed by atoms with E-state index in [1.165, 1.54) is 0 Å². The number of hydrogen-bond donors (Lipinski definition) is 0. The number of benzene rings is 7. The molecule has 7 aromatic carbocycles. The van der Waals surface area contributed by atoms with Gasteiger partial charge in [0.1, 0.15) is 34.0 Å². The number of hydrogen-bond acceptors (Lipinski definition) is 3. The van der Waals surface area contributed by atoms with Crippen LogP contribution in [-0.2, 0) is 0 Å². The lowest BCUT2D eigenvalue weighted by molar-refractivity contribution is 0.669. The van der Waals surface area contributed by atoms with Gasteiger partial charge in [-0.05, 0) is 60.7 Å². The third-order valence-electron chi connectivity index (χ3n) is 9.96. The van der Waals surface area contributed by atoms with Crippen molar-refractivity contribution in [2.75, 3.05) is 0 Å². The van der Waals surface area contributed by atoms with E-state index in [0.29, 0.717) is 5.56 Å². The van der Waals surface area contributed by atoms with Crippen LogP contribution in [0.3, 0.4) is 0 Å². The molecule has 0 unspecified atom stereocenters. The summed E-state index contributed by atoms with van der Waals surface area (Å²) >= 11 is 0. The van der Waals surface area contributed by atoms with Gasteiger partial charge in [-0.2, -0.15) is 5.26 Å². The lowest BCUT2D eigenvalue weighted by Gasteiger charge is -2.15. The topological polar surface area (TPSA) is 59.9 Å². The van der Waals surface area contributed by atoms with E-state index in [-0.39, 0.29) is 0 Å². The first-order valence-electron chi connectivity index (χ1n) is 16.0. The summed E-state index contributed by atoms with van der Waals surface area (Å²) in [6.07, 6.45) is 0. The summed E-state index contributed by atoms with van der Waals surface area (Å²) in [5.74, 6) is 0. The predicted molar refractivity (Wildman–Crippen MR) is 194 cm³/mol. The highest BCUT2D eigenvalue weighted by molar-refractivity contribution is 6.19. The van der Waals surface area contributed by atoms with E-state index >= 15 is 0 Å². The van der Waals surface area contributed by atoms with Crippen molar-refractivity contribution in [2.45, 2.75) is 0 Å². The Morgan fingerprint density at radius 3 is 1.29 bits per heavy atom. The van der Waals surface area contributed by atoms with Crippen LogP contribution in [-0.4, -0.2) is 9.13 Å². The zero-order valence-corrected chi connectivity index (χ0v) is 25.4. The molecule has 11 aromatic rings. The molecule has 0 aliphatic heterocycles. The van der Waals surface area contributed by atoms with Gasteiger partial charge in [-0.15, -0.1) is 0 Å². The average Bonchev–Trinajstić information content (AvgIpc) is 3.86. The van der Waals surface area contributed by atoms with Crippen LogP contribution in [0, 0.1) is 11.3 Å². The van der Waals surface area contributed by atoms with Gasteiger partial charge >= 0.3 is 0 Å². The van der Waals surface area contributed by atoms with Crippen LogP contribution in [0.15, 0.2) is 148 Å². The zero-order chi connectivity index (χ0) is 31.5. The number of nitrogens with zero attached hydrogens (tertiary/aromatic N) is 3. The van der Waals surface area contributed by atoms with Crippen molar-refractivity contribution < 1.29 is 8.83 Å². The summed E-state index contributed by atoms with van der Waals surface area (Å²) in [4.78, 5) is 0. The Morgan fingerprint density at radius 2 is 0.812 bits per heavy atom. The number of rotatable bonds is 2. The Balaban J connectivity index is 1.26. The third-order valence-corrected chi connectivity index (χ3v) is 9.96. The summed E-state index contributed by atoms with van der Waals surface area (Å²) in [5, 5.41) is 19.7. The zero-order valence-electron chi connectivity index (χ0n) is 25.4. The molecular weight excluding hydrogens is 590 g/mol. The summed E-state index contributed by atoms with van der Waals surface area (Å²) in [7, 11) is 0. The molecule has 0 aliphatic rings. The Morgan fingerprint density at radius 1 is 0.375 bits per heavy atom. The highest BCUT2D eigenvalue weighted by Crippen LogP contribution is 2.42. The van der Waals surface area contributed by atoms with E-state index in [1.807, 2.05) is 36.4 Å². The summed E-state index contributed by atoms with van der Waals surface area (Å²) in [6, 6.07) is 50.6. The van der Waals surface area contributed by atoms with Crippen LogP contribution in [0.2, 0.25) is 0 Å². The van der Waals surface area contributed by atoms with Gasteiger partial charge in [0, 0.05) is 43.1 Å². The minimum absolute atomic E-state index is 0.595. The first-order chi connectivity index (χ1) is 23.8. The first kappa shape index (κ1) is 25.4. The molecule has 0 bridgehead atoms. The maximum Gasteiger partial charge on any atom is 0.136 e. The maximum atomic E-state index is 11.0. The molecule has 0 aliphatic carbocycles. The van der Waals surface area contributed by atoms with Crippen LogP contribution in [0.1, 0.15) is 5.56 Å². The van der Waals surface area contributed by atoms with Gasteiger partial charge in [0.05, 0.1) is 33.4 Å². The van der Waals surface area contributed by atoms with Crippen LogP contribution in [0.25, 0.3) is 98.9 Å². The van der Waals surface area contributed by atoms with Gasteiger partial charge < -0.3 is 18.0 Å². The SMILES string of the molecule is N#Cc1c(-n2c3ccccc3c3cc4oc5ccccc5c4cc32)cccc1-n1c2ccccc2c2cc3oc4ccccc4c3cc21. The van der Waals surface area contributed by atoms with Crippen LogP contribution in [0.4, 0.5) is 0 Å². The van der Waals surface area contributed by atoms with E-state index in [4.69, 9.17) is 8.83 Å². The molecular formula is C43H23N3O2. The minimum atomic E-state index is 0.595. The largest absolute Gasteiger partial charge is 0.456 e. The molecule has 0 radical (unpaired) electrons. The van der Waals surface area contributed by atoms with Gasteiger partial charge in [0.25, 0.3) is 0 Å². The van der Waals surface area contributed by atoms with Crippen molar-refractivity contribution in [3.63, 3.8) is 0 Å². The van der Waals surface area contributed by atoms with Crippen molar-refractivity contribution in [3.8, 4) is 17.4 Å². The molecule has 4 aromatic heterocycles. The quantitative estimate of drug-likeness (QED) is 0.195.